The van der Waals surface area contributed by atoms with E-state index >= 15 is 0 Å². The number of aryl methyl sites for hydroxylation is 1. The number of nitrogens with zero attached hydrogens (tertiary/aromatic N) is 4. The lowest BCUT2D eigenvalue weighted by molar-refractivity contribution is -0.385. The number of carbonyl (C=O) groups excluding carboxylic acids is 1. The summed E-state index contributed by atoms with van der Waals surface area (Å²) >= 11 is 1.62. The highest BCUT2D eigenvalue weighted by atomic mass is 32.1. The summed E-state index contributed by atoms with van der Waals surface area (Å²) in [4.78, 5) is 27.3. The predicted molar refractivity (Wildman–Crippen MR) is 114 cm³/mol. The average molecular weight is 423 g/mol. The Bertz CT molecular complexity index is 1250. The highest BCUT2D eigenvalue weighted by molar-refractivity contribution is 7.21. The van der Waals surface area contributed by atoms with Gasteiger partial charge in [-0.05, 0) is 48.9 Å². The Labute approximate surface area is 175 Å². The van der Waals surface area contributed by atoms with Crippen LogP contribution in [0.2, 0.25) is 0 Å². The molecule has 0 unspecified atom stereocenters. The van der Waals surface area contributed by atoms with Crippen molar-refractivity contribution < 1.29 is 14.5 Å². The normalized spacial score (nSPS) is 10.9. The topological polar surface area (TPSA) is 112 Å². The molecule has 4 aromatic rings. The van der Waals surface area contributed by atoms with E-state index in [1.807, 2.05) is 31.2 Å². The van der Waals surface area contributed by atoms with E-state index in [1.165, 1.54) is 17.4 Å². The highest BCUT2D eigenvalue weighted by Crippen LogP contribution is 2.31. The summed E-state index contributed by atoms with van der Waals surface area (Å²) in [5, 5.41) is 18.5. The quantitative estimate of drug-likeness (QED) is 0.370. The van der Waals surface area contributed by atoms with Crippen molar-refractivity contribution in [3.63, 3.8) is 0 Å². The summed E-state index contributed by atoms with van der Waals surface area (Å²) in [6, 6.07) is 13.5. The van der Waals surface area contributed by atoms with Crippen molar-refractivity contribution in [2.45, 2.75) is 13.5 Å². The van der Waals surface area contributed by atoms with Gasteiger partial charge in [-0.15, -0.1) is 16.4 Å². The Kier molecular flexibility index (Phi) is 5.15. The number of methoxy groups -OCH3 is 1. The minimum Gasteiger partial charge on any atom is -0.475 e. The number of amides is 1. The number of carbonyl (C=O) groups is 1. The molecule has 0 saturated heterocycles. The van der Waals surface area contributed by atoms with Crippen molar-refractivity contribution in [2.24, 2.45) is 0 Å². The molecule has 0 aliphatic rings. The summed E-state index contributed by atoms with van der Waals surface area (Å²) in [5.41, 5.74) is 3.42. The SMILES string of the molecule is COc1nn(CC(=O)Nc2ccc(-c3nc4ccc(C)cc4s3)cc2)cc1[N+](=O)[O-]. The zero-order chi connectivity index (χ0) is 21.3. The lowest BCUT2D eigenvalue weighted by Crippen LogP contribution is -2.19. The molecule has 30 heavy (non-hydrogen) atoms. The Balaban J connectivity index is 1.45. The van der Waals surface area contributed by atoms with Gasteiger partial charge < -0.3 is 10.1 Å². The summed E-state index contributed by atoms with van der Waals surface area (Å²) in [7, 11) is 1.29. The maximum Gasteiger partial charge on any atom is 0.350 e. The zero-order valence-electron chi connectivity index (χ0n) is 16.2. The van der Waals surface area contributed by atoms with E-state index in [4.69, 9.17) is 4.74 Å². The van der Waals surface area contributed by atoms with Crippen LogP contribution in [0.1, 0.15) is 5.56 Å². The molecule has 0 aliphatic carbocycles. The number of rotatable bonds is 6. The maximum absolute atomic E-state index is 12.3. The van der Waals surface area contributed by atoms with Crippen LogP contribution >= 0.6 is 11.3 Å². The van der Waals surface area contributed by atoms with Crippen molar-refractivity contribution in [1.82, 2.24) is 14.8 Å². The predicted octanol–water partition coefficient (Wildman–Crippen LogP) is 4.02. The fourth-order valence-electron chi connectivity index (χ4n) is 2.94. The monoisotopic (exact) mass is 423 g/mol. The first-order valence-corrected chi connectivity index (χ1v) is 9.78. The number of anilines is 1. The Hall–Kier alpha value is -3.79. The van der Waals surface area contributed by atoms with E-state index in [2.05, 4.69) is 21.5 Å². The molecule has 1 amide bonds. The molecule has 2 aromatic heterocycles. The van der Waals surface area contributed by atoms with Gasteiger partial charge in [0.05, 0.1) is 22.2 Å². The summed E-state index contributed by atoms with van der Waals surface area (Å²) in [6.45, 7) is 1.87. The van der Waals surface area contributed by atoms with Crippen molar-refractivity contribution in [3.8, 4) is 16.5 Å². The van der Waals surface area contributed by atoms with Gasteiger partial charge >= 0.3 is 11.6 Å². The number of hydrogen-bond donors (Lipinski definition) is 1. The maximum atomic E-state index is 12.3. The lowest BCUT2D eigenvalue weighted by Gasteiger charge is -2.06. The third-order valence-electron chi connectivity index (χ3n) is 4.36. The molecule has 9 nitrogen and oxygen atoms in total. The van der Waals surface area contributed by atoms with Crippen molar-refractivity contribution in [1.29, 1.82) is 0 Å². The van der Waals surface area contributed by atoms with E-state index in [1.54, 1.807) is 23.5 Å². The third-order valence-corrected chi connectivity index (χ3v) is 5.43. The van der Waals surface area contributed by atoms with E-state index in [0.29, 0.717) is 5.69 Å². The number of benzene rings is 2. The summed E-state index contributed by atoms with van der Waals surface area (Å²) in [5.74, 6) is -0.499. The van der Waals surface area contributed by atoms with E-state index < -0.39 is 4.92 Å². The van der Waals surface area contributed by atoms with Gasteiger partial charge in [0.25, 0.3) is 0 Å². The van der Waals surface area contributed by atoms with Gasteiger partial charge in [0.15, 0.2) is 0 Å². The Morgan fingerprint density at radius 1 is 1.27 bits per heavy atom. The van der Waals surface area contributed by atoms with Gasteiger partial charge in [0.1, 0.15) is 17.7 Å². The highest BCUT2D eigenvalue weighted by Gasteiger charge is 2.21. The largest absolute Gasteiger partial charge is 0.475 e. The minimum atomic E-state index is -0.609. The van der Waals surface area contributed by atoms with Gasteiger partial charge in [0, 0.05) is 11.3 Å². The number of aromatic nitrogens is 3. The number of fused-ring (bicyclic) bond motifs is 1. The fourth-order valence-corrected chi connectivity index (χ4v) is 4.01. The molecule has 152 valence electrons. The first-order chi connectivity index (χ1) is 14.4. The Morgan fingerprint density at radius 3 is 2.70 bits per heavy atom. The molecule has 2 heterocycles. The van der Waals surface area contributed by atoms with Crippen LogP contribution in [-0.4, -0.2) is 32.7 Å². The van der Waals surface area contributed by atoms with Crippen molar-refractivity contribution in [3.05, 3.63) is 64.3 Å². The smallest absolute Gasteiger partial charge is 0.350 e. The summed E-state index contributed by atoms with van der Waals surface area (Å²) in [6.07, 6.45) is 1.16. The van der Waals surface area contributed by atoms with Crippen LogP contribution in [-0.2, 0) is 11.3 Å². The number of ether oxygens (including phenoxy) is 1. The van der Waals surface area contributed by atoms with E-state index in [-0.39, 0.29) is 24.0 Å². The molecule has 0 fully saturated rings. The molecular weight excluding hydrogens is 406 g/mol. The molecular formula is C20H17N5O4S. The fraction of sp³-hybridized carbons (Fsp3) is 0.150. The molecule has 10 heteroatoms. The molecule has 0 aliphatic heterocycles. The van der Waals surface area contributed by atoms with E-state index in [0.717, 1.165) is 27.0 Å². The van der Waals surface area contributed by atoms with Crippen molar-refractivity contribution in [2.75, 3.05) is 12.4 Å². The summed E-state index contributed by atoms with van der Waals surface area (Å²) < 4.78 is 7.16. The standard InChI is InChI=1S/C20H17N5O4S/c1-12-3-8-15-17(9-12)30-20(22-15)13-4-6-14(7-5-13)21-18(26)11-24-10-16(25(27)28)19(23-24)29-2/h3-10H,11H2,1-2H3,(H,21,26). The molecule has 1 N–H and O–H groups in total. The number of nitro groups is 1. The van der Waals surface area contributed by atoms with Crippen LogP contribution in [0.3, 0.4) is 0 Å². The molecule has 0 saturated carbocycles. The van der Waals surface area contributed by atoms with Gasteiger partial charge in [-0.2, -0.15) is 0 Å². The molecule has 2 aromatic carbocycles. The molecule has 4 rings (SSSR count). The number of hydrogen-bond acceptors (Lipinski definition) is 7. The zero-order valence-corrected chi connectivity index (χ0v) is 17.0. The second kappa shape index (κ2) is 7.91. The Morgan fingerprint density at radius 2 is 2.03 bits per heavy atom. The number of nitrogens with one attached hydrogen (secondary N) is 1. The second-order valence-corrected chi connectivity index (χ2v) is 7.62. The van der Waals surface area contributed by atoms with Crippen LogP contribution in [0.25, 0.3) is 20.8 Å². The second-order valence-electron chi connectivity index (χ2n) is 6.59. The molecule has 0 radical (unpaired) electrons. The van der Waals surface area contributed by atoms with Crippen LogP contribution in [0.4, 0.5) is 11.4 Å². The van der Waals surface area contributed by atoms with Crippen molar-refractivity contribution >= 4 is 38.8 Å². The van der Waals surface area contributed by atoms with E-state index in [9.17, 15) is 14.9 Å². The van der Waals surface area contributed by atoms with Gasteiger partial charge in [-0.3, -0.25) is 19.6 Å². The van der Waals surface area contributed by atoms with Gasteiger partial charge in [-0.1, -0.05) is 6.07 Å². The first kappa shape index (κ1) is 19.5. The van der Waals surface area contributed by atoms with Gasteiger partial charge in [-0.25, -0.2) is 4.98 Å². The molecule has 0 bridgehead atoms. The van der Waals surface area contributed by atoms with Gasteiger partial charge in [0.2, 0.25) is 5.91 Å². The minimum absolute atomic E-state index is 0.136. The van der Waals surface area contributed by atoms with Crippen LogP contribution in [0.5, 0.6) is 5.88 Å². The lowest BCUT2D eigenvalue weighted by atomic mass is 10.2. The van der Waals surface area contributed by atoms with Crippen LogP contribution in [0.15, 0.2) is 48.7 Å². The number of thiazole rings is 1. The van der Waals surface area contributed by atoms with Crippen LogP contribution in [0, 0.1) is 17.0 Å². The average Bonchev–Trinajstić information content (AvgIpc) is 3.32. The van der Waals surface area contributed by atoms with Crippen LogP contribution < -0.4 is 10.1 Å². The third kappa shape index (κ3) is 3.98. The molecule has 0 spiro atoms. The first-order valence-electron chi connectivity index (χ1n) is 8.96. The molecule has 0 atom stereocenters.